The molecule has 2 atom stereocenters. The van der Waals surface area contributed by atoms with Crippen LogP contribution in [-0.2, 0) is 9.53 Å². The van der Waals surface area contributed by atoms with E-state index in [0.29, 0.717) is 30.0 Å². The number of likely N-dealkylation sites (tertiary alicyclic amines) is 1. The molecule has 0 unspecified atom stereocenters. The van der Waals surface area contributed by atoms with E-state index in [1.54, 1.807) is 61.7 Å². The maximum absolute atomic E-state index is 13.0. The van der Waals surface area contributed by atoms with Crippen molar-refractivity contribution in [2.75, 3.05) is 24.7 Å². The second kappa shape index (κ2) is 8.96. The Morgan fingerprint density at radius 2 is 1.93 bits per heavy atom. The first-order valence-corrected chi connectivity index (χ1v) is 11.0. The van der Waals surface area contributed by atoms with Crippen molar-refractivity contribution in [2.45, 2.75) is 44.9 Å². The highest BCUT2D eigenvalue weighted by molar-refractivity contribution is 7.99. The van der Waals surface area contributed by atoms with Crippen LogP contribution in [0.4, 0.5) is 4.79 Å². The molecule has 0 spiro atoms. The van der Waals surface area contributed by atoms with Crippen LogP contribution in [-0.4, -0.2) is 70.1 Å². The number of rotatable bonds is 3. The maximum Gasteiger partial charge on any atom is 0.411 e. The smallest absolute Gasteiger partial charge is 0.411 e. The molecule has 0 aliphatic carbocycles. The number of amides is 3. The molecule has 2 saturated heterocycles. The first-order valence-electron chi connectivity index (χ1n) is 9.85. The van der Waals surface area contributed by atoms with Crippen molar-refractivity contribution >= 4 is 29.7 Å². The number of hydrogen-bond donors (Lipinski definition) is 1. The molecule has 0 aromatic heterocycles. The third-order valence-corrected chi connectivity index (χ3v) is 5.86. The number of thioether (sulfide) groups is 1. The zero-order valence-corrected chi connectivity index (χ0v) is 18.2. The fourth-order valence-corrected chi connectivity index (χ4v) is 4.42. The summed E-state index contributed by atoms with van der Waals surface area (Å²) < 4.78 is 5.50. The van der Waals surface area contributed by atoms with Crippen LogP contribution in [0.2, 0.25) is 0 Å². The number of carbonyl (C=O) groups is 3. The number of ether oxygens (including phenoxy) is 1. The summed E-state index contributed by atoms with van der Waals surface area (Å²) in [5, 5.41) is 11.8. The van der Waals surface area contributed by atoms with Gasteiger partial charge in [-0.15, -0.1) is 11.8 Å². The van der Waals surface area contributed by atoms with E-state index in [-0.39, 0.29) is 24.4 Å². The second-order valence-electron chi connectivity index (χ2n) is 8.38. The molecule has 0 saturated carbocycles. The van der Waals surface area contributed by atoms with Crippen molar-refractivity contribution < 1.29 is 19.1 Å². The molecular formula is C21H26N4O4S. The number of carbonyl (C=O) groups excluding carboxylic acids is 3. The van der Waals surface area contributed by atoms with Crippen molar-refractivity contribution in [1.82, 2.24) is 15.1 Å². The van der Waals surface area contributed by atoms with Crippen LogP contribution in [0.25, 0.3) is 0 Å². The monoisotopic (exact) mass is 430 g/mol. The van der Waals surface area contributed by atoms with Gasteiger partial charge in [-0.1, -0.05) is 0 Å². The predicted molar refractivity (Wildman–Crippen MR) is 113 cm³/mol. The van der Waals surface area contributed by atoms with Crippen molar-refractivity contribution in [1.29, 1.82) is 5.26 Å². The highest BCUT2D eigenvalue weighted by Gasteiger charge is 2.44. The molecule has 160 valence electrons. The standard InChI is InChI=1S/C21H26N4O4S/c1-21(2,3)29-20(28)25-12-16(10-17(25)19(27)24-8-9-30-13-24)23-18(26)15-6-4-14(11-22)5-7-15/h4-7,16-17H,8-10,12-13H2,1-3H3,(H,23,26)/t16-,17-/m0/s1. The first-order chi connectivity index (χ1) is 14.2. The Morgan fingerprint density at radius 3 is 2.50 bits per heavy atom. The summed E-state index contributed by atoms with van der Waals surface area (Å²) in [5.74, 6) is 1.07. The first kappa shape index (κ1) is 22.0. The van der Waals surface area contributed by atoms with Gasteiger partial charge in [-0.2, -0.15) is 5.26 Å². The molecule has 8 nitrogen and oxygen atoms in total. The third-order valence-electron chi connectivity index (χ3n) is 4.89. The van der Waals surface area contributed by atoms with Gasteiger partial charge in [0.15, 0.2) is 0 Å². The van der Waals surface area contributed by atoms with Crippen molar-refractivity contribution in [3.05, 3.63) is 35.4 Å². The molecule has 3 rings (SSSR count). The summed E-state index contributed by atoms with van der Waals surface area (Å²) in [6.07, 6.45) is -0.218. The Kier molecular flexibility index (Phi) is 6.56. The van der Waals surface area contributed by atoms with Crippen LogP contribution in [0.1, 0.15) is 43.1 Å². The largest absolute Gasteiger partial charge is 0.444 e. The van der Waals surface area contributed by atoms with Crippen molar-refractivity contribution in [2.24, 2.45) is 0 Å². The average Bonchev–Trinajstić information content (AvgIpc) is 3.36. The predicted octanol–water partition coefficient (Wildman–Crippen LogP) is 2.20. The van der Waals surface area contributed by atoms with E-state index in [9.17, 15) is 14.4 Å². The molecule has 9 heteroatoms. The highest BCUT2D eigenvalue weighted by Crippen LogP contribution is 2.25. The van der Waals surface area contributed by atoms with Crippen LogP contribution in [0, 0.1) is 11.3 Å². The SMILES string of the molecule is CC(C)(C)OC(=O)N1C[C@@H](NC(=O)c2ccc(C#N)cc2)C[C@H]1C(=O)N1CCSC1. The van der Waals surface area contributed by atoms with E-state index >= 15 is 0 Å². The molecule has 2 aliphatic heterocycles. The number of nitrogens with zero attached hydrogens (tertiary/aromatic N) is 3. The number of nitriles is 1. The van der Waals surface area contributed by atoms with Crippen LogP contribution in [0.15, 0.2) is 24.3 Å². The number of nitrogens with one attached hydrogen (secondary N) is 1. The molecule has 1 N–H and O–H groups in total. The van der Waals surface area contributed by atoms with Crippen LogP contribution >= 0.6 is 11.8 Å². The van der Waals surface area contributed by atoms with Crippen LogP contribution < -0.4 is 5.32 Å². The summed E-state index contributed by atoms with van der Waals surface area (Å²) >= 11 is 1.68. The minimum absolute atomic E-state index is 0.110. The molecule has 0 radical (unpaired) electrons. The second-order valence-corrected chi connectivity index (χ2v) is 9.46. The fraction of sp³-hybridized carbons (Fsp3) is 0.524. The van der Waals surface area contributed by atoms with E-state index < -0.39 is 17.7 Å². The van der Waals surface area contributed by atoms with Crippen molar-refractivity contribution in [3.8, 4) is 6.07 Å². The summed E-state index contributed by atoms with van der Waals surface area (Å²) in [7, 11) is 0. The molecule has 1 aromatic rings. The highest BCUT2D eigenvalue weighted by atomic mass is 32.2. The summed E-state index contributed by atoms with van der Waals surface area (Å²) in [5.41, 5.74) is 0.207. The van der Waals surface area contributed by atoms with Gasteiger partial charge in [0.2, 0.25) is 5.91 Å². The Labute approximate surface area is 180 Å². The summed E-state index contributed by atoms with van der Waals surface area (Å²) in [4.78, 5) is 41.6. The van der Waals surface area contributed by atoms with Gasteiger partial charge in [-0.05, 0) is 51.5 Å². The van der Waals surface area contributed by atoms with Gasteiger partial charge in [0.25, 0.3) is 5.91 Å². The molecule has 2 heterocycles. The Morgan fingerprint density at radius 1 is 1.23 bits per heavy atom. The minimum atomic E-state index is -0.683. The van der Waals surface area contributed by atoms with Gasteiger partial charge < -0.3 is 15.0 Å². The van der Waals surface area contributed by atoms with Gasteiger partial charge in [0.1, 0.15) is 11.6 Å². The zero-order chi connectivity index (χ0) is 21.9. The van der Waals surface area contributed by atoms with Gasteiger partial charge >= 0.3 is 6.09 Å². The zero-order valence-electron chi connectivity index (χ0n) is 17.4. The third kappa shape index (κ3) is 5.25. The minimum Gasteiger partial charge on any atom is -0.444 e. The maximum atomic E-state index is 13.0. The lowest BCUT2D eigenvalue weighted by Gasteiger charge is -2.29. The lowest BCUT2D eigenvalue weighted by Crippen LogP contribution is -2.48. The molecule has 2 aliphatic rings. The Hall–Kier alpha value is -2.73. The lowest BCUT2D eigenvalue weighted by atomic mass is 10.1. The van der Waals surface area contributed by atoms with E-state index in [0.717, 1.165) is 5.75 Å². The topological polar surface area (TPSA) is 103 Å². The van der Waals surface area contributed by atoms with Crippen LogP contribution in [0.5, 0.6) is 0 Å². The van der Waals surface area contributed by atoms with Gasteiger partial charge in [0, 0.05) is 30.4 Å². The molecular weight excluding hydrogens is 404 g/mol. The molecule has 2 fully saturated rings. The molecule has 1 aromatic carbocycles. The van der Waals surface area contributed by atoms with Gasteiger partial charge in [-0.3, -0.25) is 14.5 Å². The molecule has 0 bridgehead atoms. The lowest BCUT2D eigenvalue weighted by molar-refractivity contribution is -0.134. The van der Waals surface area contributed by atoms with E-state index in [1.165, 1.54) is 4.90 Å². The quantitative estimate of drug-likeness (QED) is 0.789. The Bertz CT molecular complexity index is 853. The van der Waals surface area contributed by atoms with E-state index in [4.69, 9.17) is 10.00 Å². The number of benzene rings is 1. The Balaban J connectivity index is 1.72. The number of hydrogen-bond acceptors (Lipinski definition) is 6. The summed E-state index contributed by atoms with van der Waals surface area (Å²) in [6.45, 7) is 6.19. The van der Waals surface area contributed by atoms with Gasteiger partial charge in [0.05, 0.1) is 17.5 Å². The van der Waals surface area contributed by atoms with E-state index in [2.05, 4.69) is 5.32 Å². The average molecular weight is 431 g/mol. The molecule has 30 heavy (non-hydrogen) atoms. The normalized spacial score (nSPS) is 21.3. The van der Waals surface area contributed by atoms with Crippen molar-refractivity contribution in [3.63, 3.8) is 0 Å². The summed E-state index contributed by atoms with van der Waals surface area (Å²) in [6, 6.07) is 7.30. The van der Waals surface area contributed by atoms with E-state index in [1.807, 2.05) is 6.07 Å². The van der Waals surface area contributed by atoms with Crippen LogP contribution in [0.3, 0.4) is 0 Å². The fourth-order valence-electron chi connectivity index (χ4n) is 3.46. The molecule has 3 amide bonds. The van der Waals surface area contributed by atoms with Gasteiger partial charge in [-0.25, -0.2) is 4.79 Å².